The van der Waals surface area contributed by atoms with E-state index in [-0.39, 0.29) is 28.2 Å². The number of hydrogen-bond acceptors (Lipinski definition) is 3. The minimum atomic E-state index is 0.138. The second-order valence-electron chi connectivity index (χ2n) is 10.5. The predicted octanol–water partition coefficient (Wildman–Crippen LogP) is 3.79. The van der Waals surface area contributed by atoms with Crippen molar-refractivity contribution >= 4 is 5.91 Å². The molecule has 1 aliphatic heterocycles. The number of amides is 1. The van der Waals surface area contributed by atoms with E-state index in [9.17, 15) is 4.79 Å². The van der Waals surface area contributed by atoms with Gasteiger partial charge in [-0.2, -0.15) is 0 Å². The van der Waals surface area contributed by atoms with Crippen LogP contribution in [0.5, 0.6) is 0 Å². The van der Waals surface area contributed by atoms with Crippen LogP contribution in [0.25, 0.3) is 0 Å². The second kappa shape index (κ2) is 6.53. The van der Waals surface area contributed by atoms with Crippen molar-refractivity contribution in [2.24, 2.45) is 28.1 Å². The maximum Gasteiger partial charge on any atom is 0.222 e. The Labute approximate surface area is 153 Å². The highest BCUT2D eigenvalue weighted by atomic mass is 16.5. The molecule has 2 aliphatic carbocycles. The smallest absolute Gasteiger partial charge is 0.222 e. The Kier molecular flexibility index (Phi) is 5.00. The van der Waals surface area contributed by atoms with Gasteiger partial charge in [0.2, 0.25) is 5.91 Å². The van der Waals surface area contributed by atoms with Gasteiger partial charge in [-0.3, -0.25) is 4.79 Å². The Hall–Kier alpha value is -0.610. The first kappa shape index (κ1) is 19.2. The van der Waals surface area contributed by atoms with E-state index in [0.717, 1.165) is 19.4 Å². The highest BCUT2D eigenvalue weighted by Crippen LogP contribution is 2.69. The molecule has 0 aromatic rings. The predicted molar refractivity (Wildman–Crippen MR) is 99.3 cm³/mol. The fourth-order valence-corrected chi connectivity index (χ4v) is 6.14. The van der Waals surface area contributed by atoms with Gasteiger partial charge in [0.15, 0.2) is 0 Å². The highest BCUT2D eigenvalue weighted by molar-refractivity contribution is 5.76. The molecule has 1 amide bonds. The van der Waals surface area contributed by atoms with Gasteiger partial charge in [-0.25, -0.2) is 0 Å². The summed E-state index contributed by atoms with van der Waals surface area (Å²) in [5.41, 5.74) is 0.672. The fourth-order valence-electron chi connectivity index (χ4n) is 6.14. The van der Waals surface area contributed by atoms with Crippen LogP contribution in [0.15, 0.2) is 0 Å². The van der Waals surface area contributed by atoms with Gasteiger partial charge >= 0.3 is 0 Å². The van der Waals surface area contributed by atoms with Gasteiger partial charge in [-0.05, 0) is 53.8 Å². The van der Waals surface area contributed by atoms with Gasteiger partial charge in [-0.15, -0.1) is 0 Å². The van der Waals surface area contributed by atoms with Crippen molar-refractivity contribution in [2.45, 2.75) is 78.9 Å². The Morgan fingerprint density at radius 3 is 2.68 bits per heavy atom. The van der Waals surface area contributed by atoms with Gasteiger partial charge < -0.3 is 14.8 Å². The van der Waals surface area contributed by atoms with E-state index in [1.165, 1.54) is 12.8 Å². The van der Waals surface area contributed by atoms with E-state index in [1.54, 1.807) is 7.11 Å². The number of methoxy groups -OCH3 is 1. The summed E-state index contributed by atoms with van der Waals surface area (Å²) in [6.45, 7) is 13.0. The van der Waals surface area contributed by atoms with Crippen molar-refractivity contribution in [3.63, 3.8) is 0 Å². The van der Waals surface area contributed by atoms with Gasteiger partial charge in [0.25, 0.3) is 0 Å². The van der Waals surface area contributed by atoms with Gasteiger partial charge in [0.05, 0.1) is 12.7 Å². The lowest BCUT2D eigenvalue weighted by molar-refractivity contribution is -0.141. The molecule has 4 heteroatoms. The van der Waals surface area contributed by atoms with Crippen molar-refractivity contribution in [3.8, 4) is 0 Å². The quantitative estimate of drug-likeness (QED) is 0.820. The van der Waals surface area contributed by atoms with Crippen LogP contribution in [0.4, 0.5) is 0 Å². The number of ether oxygens (including phenoxy) is 2. The average Bonchev–Trinajstić information content (AvgIpc) is 2.98. The molecule has 1 N–H and O–H groups in total. The van der Waals surface area contributed by atoms with E-state index in [2.05, 4.69) is 39.9 Å². The third-order valence-corrected chi connectivity index (χ3v) is 7.27. The van der Waals surface area contributed by atoms with Crippen LogP contribution in [-0.2, 0) is 14.3 Å². The van der Waals surface area contributed by atoms with Crippen molar-refractivity contribution in [3.05, 3.63) is 0 Å². The molecular formula is C21H37NO3. The number of nitrogens with one attached hydrogen (secondary N) is 1. The summed E-state index contributed by atoms with van der Waals surface area (Å²) >= 11 is 0. The molecule has 1 saturated heterocycles. The van der Waals surface area contributed by atoms with Crippen LogP contribution in [-0.4, -0.2) is 38.4 Å². The van der Waals surface area contributed by atoms with E-state index in [1.807, 2.05) is 0 Å². The highest BCUT2D eigenvalue weighted by Gasteiger charge is 2.68. The molecule has 0 unspecified atom stereocenters. The Balaban J connectivity index is 1.82. The average molecular weight is 352 g/mol. The minimum absolute atomic E-state index is 0.138. The summed E-state index contributed by atoms with van der Waals surface area (Å²) in [4.78, 5) is 12.5. The monoisotopic (exact) mass is 351 g/mol. The first-order valence-corrected chi connectivity index (χ1v) is 10.00. The zero-order chi connectivity index (χ0) is 18.5. The lowest BCUT2D eigenvalue weighted by Gasteiger charge is -2.54. The summed E-state index contributed by atoms with van der Waals surface area (Å²) in [7, 11) is 1.65. The van der Waals surface area contributed by atoms with Crippen molar-refractivity contribution in [2.75, 3.05) is 20.3 Å². The fraction of sp³-hybridized carbons (Fsp3) is 0.952. The molecule has 4 nitrogen and oxygen atoms in total. The second-order valence-corrected chi connectivity index (χ2v) is 10.5. The van der Waals surface area contributed by atoms with Crippen LogP contribution >= 0.6 is 0 Å². The first-order chi connectivity index (χ1) is 11.6. The van der Waals surface area contributed by atoms with E-state index in [4.69, 9.17) is 9.47 Å². The van der Waals surface area contributed by atoms with E-state index >= 15 is 0 Å². The Morgan fingerprint density at radius 2 is 2.04 bits per heavy atom. The lowest BCUT2D eigenvalue weighted by Crippen LogP contribution is -2.60. The summed E-state index contributed by atoms with van der Waals surface area (Å²) in [6.07, 6.45) is 5.51. The molecule has 1 spiro atoms. The van der Waals surface area contributed by atoms with Crippen molar-refractivity contribution in [1.82, 2.24) is 5.32 Å². The topological polar surface area (TPSA) is 47.6 Å². The Morgan fingerprint density at radius 1 is 1.32 bits per heavy atom. The van der Waals surface area contributed by atoms with E-state index < -0.39 is 0 Å². The summed E-state index contributed by atoms with van der Waals surface area (Å²) in [5.74, 6) is 1.42. The maximum absolute atomic E-state index is 12.5. The van der Waals surface area contributed by atoms with Crippen LogP contribution in [0.3, 0.4) is 0 Å². The number of carbonyl (C=O) groups is 1. The molecule has 0 radical (unpaired) electrons. The van der Waals surface area contributed by atoms with Crippen LogP contribution in [0.1, 0.15) is 66.7 Å². The lowest BCUT2D eigenvalue weighted by atomic mass is 9.58. The minimum Gasteiger partial charge on any atom is -0.384 e. The molecule has 3 rings (SSSR count). The maximum atomic E-state index is 12.5. The number of rotatable bonds is 5. The standard InChI is InChI=1S/C21H37NO3/c1-19(2,3)13-16-15-11-14-12-21(15,8-10-25-16)18(20(14,4)5)22-17(23)7-9-24-6/h14-16,18H,7-13H2,1-6H3,(H,22,23)/t14-,15-,16-,18+,21-/m1/s1. The molecule has 0 aromatic heterocycles. The van der Waals surface area contributed by atoms with Crippen LogP contribution < -0.4 is 5.32 Å². The third-order valence-electron chi connectivity index (χ3n) is 7.27. The number of hydrogen-bond donors (Lipinski definition) is 1. The largest absolute Gasteiger partial charge is 0.384 e. The van der Waals surface area contributed by atoms with Crippen molar-refractivity contribution < 1.29 is 14.3 Å². The SMILES string of the molecule is COCCC(=O)N[C@H]1C(C)(C)[C@@H]2C[C@@H]3[C@@H](CC(C)(C)C)OCC[C@@]31C2. The Bertz CT molecular complexity index is 510. The molecule has 3 aliphatic rings. The normalized spacial score (nSPS) is 39.3. The third kappa shape index (κ3) is 3.37. The molecule has 144 valence electrons. The molecule has 25 heavy (non-hydrogen) atoms. The summed E-state index contributed by atoms with van der Waals surface area (Å²) in [6, 6.07) is 0.263. The number of carbonyl (C=O) groups excluding carboxylic acids is 1. The first-order valence-electron chi connectivity index (χ1n) is 10.00. The van der Waals surface area contributed by atoms with Gasteiger partial charge in [-0.1, -0.05) is 34.6 Å². The molecule has 0 aromatic carbocycles. The molecular weight excluding hydrogens is 314 g/mol. The zero-order valence-corrected chi connectivity index (χ0v) is 17.0. The zero-order valence-electron chi connectivity index (χ0n) is 17.0. The number of fused-ring (bicyclic) bond motifs is 1. The van der Waals surface area contributed by atoms with E-state index in [0.29, 0.717) is 31.0 Å². The molecule has 5 atom stereocenters. The van der Waals surface area contributed by atoms with Gasteiger partial charge in [0.1, 0.15) is 0 Å². The van der Waals surface area contributed by atoms with Crippen molar-refractivity contribution in [1.29, 1.82) is 0 Å². The van der Waals surface area contributed by atoms with Crippen LogP contribution in [0, 0.1) is 28.1 Å². The summed E-state index contributed by atoms with van der Waals surface area (Å²) < 4.78 is 11.4. The van der Waals surface area contributed by atoms with Crippen LogP contribution in [0.2, 0.25) is 0 Å². The summed E-state index contributed by atoms with van der Waals surface area (Å²) in [5, 5.41) is 3.43. The molecule has 2 saturated carbocycles. The molecule has 3 fully saturated rings. The molecule has 2 bridgehead atoms. The van der Waals surface area contributed by atoms with Gasteiger partial charge in [0, 0.05) is 26.2 Å². The molecule has 1 heterocycles.